The van der Waals surface area contributed by atoms with Crippen molar-refractivity contribution in [3.05, 3.63) is 51.5 Å². The molecule has 2 aromatic rings. The largest absolute Gasteiger partial charge is 0.547 e. The number of rotatable bonds is 9. The third-order valence-corrected chi connectivity index (χ3v) is 7.79. The first kappa shape index (κ1) is 35.6. The number of nitrogens with one attached hydrogen (secondary N) is 3. The van der Waals surface area contributed by atoms with Crippen molar-refractivity contribution >= 4 is 54.3 Å². The second-order valence-corrected chi connectivity index (χ2v) is 11.0. The number of aliphatic hydroxyl groups excluding tert-OH is 1. The first-order chi connectivity index (χ1) is 22.5. The van der Waals surface area contributed by atoms with Gasteiger partial charge in [0, 0.05) is 32.2 Å². The molecular formula is C27H27BClF2N5O12. The maximum atomic E-state index is 14.1. The van der Waals surface area contributed by atoms with E-state index in [1.54, 1.807) is 0 Å². The number of phenolic OH excluding ortho intramolecular Hbond substituents is 2. The normalized spacial score (nSPS) is 17.2. The molecule has 1 fully saturated rings. The number of amides is 6. The third-order valence-electron chi connectivity index (χ3n) is 7.42. The average molecular weight is 698 g/mol. The summed E-state index contributed by atoms with van der Waals surface area (Å²) in [6, 6.07) is -0.411. The van der Waals surface area contributed by atoms with E-state index in [4.69, 9.17) is 16.3 Å². The van der Waals surface area contributed by atoms with Gasteiger partial charge < -0.3 is 51.0 Å². The van der Waals surface area contributed by atoms with Gasteiger partial charge in [0.05, 0.1) is 17.6 Å². The smallest absolute Gasteiger partial charge is 0.534 e. The van der Waals surface area contributed by atoms with E-state index >= 15 is 0 Å². The summed E-state index contributed by atoms with van der Waals surface area (Å²) >= 11 is 5.73. The number of urea groups is 1. The van der Waals surface area contributed by atoms with Crippen LogP contribution in [0, 0.1) is 11.6 Å². The highest BCUT2D eigenvalue weighted by Gasteiger charge is 2.42. The van der Waals surface area contributed by atoms with E-state index < -0.39 is 106 Å². The molecule has 256 valence electrons. The molecule has 48 heavy (non-hydrogen) atoms. The number of carboxylic acid groups (broad SMARTS) is 1. The van der Waals surface area contributed by atoms with Gasteiger partial charge in [0.2, 0.25) is 5.91 Å². The molecule has 6 amide bonds. The minimum atomic E-state index is -1.85. The lowest BCUT2D eigenvalue weighted by Crippen LogP contribution is -2.64. The highest BCUT2D eigenvalue weighted by atomic mass is 35.5. The number of halogens is 3. The van der Waals surface area contributed by atoms with Crippen molar-refractivity contribution in [1.29, 1.82) is 0 Å². The Balaban J connectivity index is 1.33. The van der Waals surface area contributed by atoms with Gasteiger partial charge in [0.15, 0.2) is 11.5 Å². The molecule has 2 aromatic carbocycles. The first-order valence-corrected chi connectivity index (χ1v) is 14.4. The molecule has 2 aliphatic rings. The van der Waals surface area contributed by atoms with E-state index in [9.17, 15) is 63.0 Å². The second-order valence-electron chi connectivity index (χ2n) is 10.6. The molecule has 0 saturated carbocycles. The topological polar surface area (TPSA) is 255 Å². The van der Waals surface area contributed by atoms with Gasteiger partial charge in [0.25, 0.3) is 5.91 Å². The number of carbonyl (C=O) groups excluding carboxylic acids is 5. The van der Waals surface area contributed by atoms with Gasteiger partial charge in [-0.3, -0.25) is 24.1 Å². The zero-order valence-electron chi connectivity index (χ0n) is 24.7. The fraction of sp³-hybridized carbons (Fsp3) is 0.333. The highest BCUT2D eigenvalue weighted by molar-refractivity contribution is 6.47. The number of hydrogen-bond acceptors (Lipinski definition) is 11. The standard InChI is InChI=1S/C27H27BClF2N5O12/c1-10(37)19(23(41)33-15-8-11-2-3-12(30)17(26(44)45)21(11)48-28(15)47)34-27(46)36-7-6-35(24(42)25(36)43)5-4-32-22(40)16-13(31)9-14(38)20(39)18(16)29/h2-3,9-10,15,19,37-39,47H,4-8H2,1H3,(H,32,40)(H,33,41)(H,34,46)(H,44,45)/t10-,15+,19-/m1/s1. The van der Waals surface area contributed by atoms with Crippen LogP contribution in [0.15, 0.2) is 18.2 Å². The molecule has 4 rings (SSSR count). The number of carboxylic acids is 1. The average Bonchev–Trinajstić information content (AvgIpc) is 3.00. The van der Waals surface area contributed by atoms with Crippen molar-refractivity contribution in [1.82, 2.24) is 25.8 Å². The molecule has 8 N–H and O–H groups in total. The Kier molecular flexibility index (Phi) is 10.6. The van der Waals surface area contributed by atoms with Crippen molar-refractivity contribution in [3.63, 3.8) is 0 Å². The Hall–Kier alpha value is -5.21. The fourth-order valence-corrected chi connectivity index (χ4v) is 5.20. The Morgan fingerprint density at radius 3 is 2.44 bits per heavy atom. The predicted octanol–water partition coefficient (Wildman–Crippen LogP) is -1.27. The molecule has 17 nitrogen and oxygen atoms in total. The molecular weight excluding hydrogens is 671 g/mol. The summed E-state index contributed by atoms with van der Waals surface area (Å²) in [5.74, 6) is -12.1. The van der Waals surface area contributed by atoms with Gasteiger partial charge in [-0.15, -0.1) is 0 Å². The molecule has 3 atom stereocenters. The number of phenols is 2. The molecule has 21 heteroatoms. The lowest BCUT2D eigenvalue weighted by atomic mass is 9.72. The summed E-state index contributed by atoms with van der Waals surface area (Å²) in [5, 5.41) is 54.9. The number of aromatic hydroxyl groups is 2. The molecule has 2 heterocycles. The predicted molar refractivity (Wildman–Crippen MR) is 157 cm³/mol. The van der Waals surface area contributed by atoms with Gasteiger partial charge in [-0.05, 0) is 25.0 Å². The Labute approximate surface area is 274 Å². The van der Waals surface area contributed by atoms with Crippen LogP contribution in [-0.4, -0.2) is 122 Å². The monoisotopic (exact) mass is 697 g/mol. The quantitative estimate of drug-likeness (QED) is 0.0867. The lowest BCUT2D eigenvalue weighted by Gasteiger charge is -2.34. The molecule has 1 saturated heterocycles. The summed E-state index contributed by atoms with van der Waals surface area (Å²) in [5.41, 5.74) is -1.45. The Bertz CT molecular complexity index is 1700. The minimum absolute atomic E-state index is 0.138. The maximum Gasteiger partial charge on any atom is 0.547 e. The van der Waals surface area contributed by atoms with Crippen LogP contribution in [-0.2, 0) is 20.8 Å². The van der Waals surface area contributed by atoms with Crippen molar-refractivity contribution < 1.29 is 67.7 Å². The highest BCUT2D eigenvalue weighted by Crippen LogP contribution is 2.37. The van der Waals surface area contributed by atoms with Crippen molar-refractivity contribution in [3.8, 4) is 17.2 Å². The van der Waals surface area contributed by atoms with Crippen LogP contribution in [0.4, 0.5) is 13.6 Å². The van der Waals surface area contributed by atoms with Crippen LogP contribution < -0.4 is 20.6 Å². The van der Waals surface area contributed by atoms with Crippen molar-refractivity contribution in [2.75, 3.05) is 26.2 Å². The van der Waals surface area contributed by atoms with Crippen LogP contribution in [0.1, 0.15) is 33.2 Å². The van der Waals surface area contributed by atoms with Crippen LogP contribution in [0.3, 0.4) is 0 Å². The van der Waals surface area contributed by atoms with E-state index in [2.05, 4.69) is 16.0 Å². The Morgan fingerprint density at radius 2 is 1.79 bits per heavy atom. The maximum absolute atomic E-state index is 14.1. The molecule has 0 radical (unpaired) electrons. The molecule has 0 aliphatic carbocycles. The van der Waals surface area contributed by atoms with E-state index in [1.807, 2.05) is 0 Å². The molecule has 2 aliphatic heterocycles. The van der Waals surface area contributed by atoms with Gasteiger partial charge in [-0.1, -0.05) is 17.7 Å². The van der Waals surface area contributed by atoms with E-state index in [1.165, 1.54) is 6.07 Å². The number of piperazine rings is 1. The van der Waals surface area contributed by atoms with E-state index in [0.717, 1.165) is 17.9 Å². The van der Waals surface area contributed by atoms with Crippen molar-refractivity contribution in [2.24, 2.45) is 0 Å². The first-order valence-electron chi connectivity index (χ1n) is 14.0. The summed E-state index contributed by atoms with van der Waals surface area (Å²) in [7, 11) is -1.85. The van der Waals surface area contributed by atoms with Crippen LogP contribution >= 0.6 is 11.6 Å². The minimum Gasteiger partial charge on any atom is -0.534 e. The van der Waals surface area contributed by atoms with Crippen LogP contribution in [0.2, 0.25) is 5.02 Å². The zero-order valence-corrected chi connectivity index (χ0v) is 25.5. The second kappa shape index (κ2) is 14.3. The van der Waals surface area contributed by atoms with Crippen molar-refractivity contribution in [2.45, 2.75) is 31.4 Å². The third kappa shape index (κ3) is 7.19. The molecule has 0 bridgehead atoms. The fourth-order valence-electron chi connectivity index (χ4n) is 4.93. The van der Waals surface area contributed by atoms with Crippen LogP contribution in [0.5, 0.6) is 17.2 Å². The van der Waals surface area contributed by atoms with E-state index in [-0.39, 0.29) is 38.2 Å². The summed E-state index contributed by atoms with van der Waals surface area (Å²) in [6.07, 6.45) is -1.79. The van der Waals surface area contributed by atoms with Gasteiger partial charge in [0.1, 0.15) is 34.0 Å². The summed E-state index contributed by atoms with van der Waals surface area (Å²) in [6.45, 7) is -0.0617. The number of aromatic carboxylic acids is 1. The molecule has 0 unspecified atom stereocenters. The van der Waals surface area contributed by atoms with Crippen LogP contribution in [0.25, 0.3) is 0 Å². The number of aliphatic hydroxyl groups is 1. The van der Waals surface area contributed by atoms with Gasteiger partial charge in [-0.2, -0.15) is 0 Å². The Morgan fingerprint density at radius 1 is 1.10 bits per heavy atom. The number of carbonyl (C=O) groups is 6. The number of hydrogen-bond donors (Lipinski definition) is 8. The number of fused-ring (bicyclic) bond motifs is 1. The molecule has 0 spiro atoms. The lowest BCUT2D eigenvalue weighted by molar-refractivity contribution is -0.153. The summed E-state index contributed by atoms with van der Waals surface area (Å²) < 4.78 is 33.3. The number of nitrogens with zero attached hydrogens (tertiary/aromatic N) is 2. The SMILES string of the molecule is C[C@@H](O)[C@@H](NC(=O)N1CCN(CCNC(=O)c2c(F)cc(O)c(O)c2Cl)C(=O)C1=O)C(=O)N[C@H]1Cc2ccc(F)c(C(=O)O)c2OB1O. The number of benzene rings is 2. The molecule has 0 aromatic heterocycles. The summed E-state index contributed by atoms with van der Waals surface area (Å²) in [4.78, 5) is 76.7. The van der Waals surface area contributed by atoms with E-state index in [0.29, 0.717) is 11.0 Å². The van der Waals surface area contributed by atoms with Gasteiger partial charge >= 0.3 is 30.9 Å². The zero-order chi connectivity index (χ0) is 35.6. The van der Waals surface area contributed by atoms with Gasteiger partial charge in [-0.25, -0.2) is 18.4 Å². The number of imide groups is 1.